The van der Waals surface area contributed by atoms with E-state index in [-0.39, 0.29) is 28.9 Å². The normalized spacial score (nSPS) is 21.8. The molecule has 0 spiro atoms. The number of hydrogen-bond donors (Lipinski definition) is 0. The highest BCUT2D eigenvalue weighted by Crippen LogP contribution is 2.44. The molecule has 3 unspecified atom stereocenters. The predicted octanol–water partition coefficient (Wildman–Crippen LogP) is 5.15. The van der Waals surface area contributed by atoms with Gasteiger partial charge in [0.15, 0.2) is 5.82 Å². The van der Waals surface area contributed by atoms with Crippen LogP contribution in [0.2, 0.25) is 5.02 Å². The lowest BCUT2D eigenvalue weighted by Gasteiger charge is -2.25. The predicted molar refractivity (Wildman–Crippen MR) is 119 cm³/mol. The van der Waals surface area contributed by atoms with Gasteiger partial charge in [0.1, 0.15) is 5.69 Å². The van der Waals surface area contributed by atoms with Gasteiger partial charge in [0, 0.05) is 36.9 Å². The van der Waals surface area contributed by atoms with Gasteiger partial charge < -0.3 is 4.90 Å². The highest BCUT2D eigenvalue weighted by atomic mass is 35.5. The molecule has 2 bridgehead atoms. The van der Waals surface area contributed by atoms with Crippen LogP contribution >= 0.6 is 11.6 Å². The van der Waals surface area contributed by atoms with Gasteiger partial charge in [0.25, 0.3) is 5.91 Å². The lowest BCUT2D eigenvalue weighted by Crippen LogP contribution is -2.37. The molecule has 5 heterocycles. The van der Waals surface area contributed by atoms with Crippen LogP contribution in [-0.2, 0) is 12.6 Å². The summed E-state index contributed by atoms with van der Waals surface area (Å²) in [4.78, 5) is 32.6. The van der Waals surface area contributed by atoms with Crippen LogP contribution in [0.3, 0.4) is 0 Å². The Morgan fingerprint density at radius 2 is 1.88 bits per heavy atom. The van der Waals surface area contributed by atoms with E-state index >= 15 is 0 Å². The van der Waals surface area contributed by atoms with Gasteiger partial charge in [-0.3, -0.25) is 14.8 Å². The van der Waals surface area contributed by atoms with Crippen molar-refractivity contribution in [2.24, 2.45) is 5.92 Å². The second kappa shape index (κ2) is 8.61. The molecule has 0 radical (unpaired) electrons. The molecule has 34 heavy (non-hydrogen) atoms. The van der Waals surface area contributed by atoms with Crippen molar-refractivity contribution in [1.82, 2.24) is 24.8 Å². The van der Waals surface area contributed by atoms with Gasteiger partial charge in [-0.1, -0.05) is 11.6 Å². The van der Waals surface area contributed by atoms with E-state index in [4.69, 9.17) is 11.6 Å². The number of rotatable bonds is 4. The van der Waals surface area contributed by atoms with Crippen LogP contribution < -0.4 is 0 Å². The number of carbonyl (C=O) groups excluding carboxylic acids is 1. The van der Waals surface area contributed by atoms with Crippen molar-refractivity contribution in [2.75, 3.05) is 0 Å². The zero-order valence-electron chi connectivity index (χ0n) is 18.3. The number of aromatic nitrogens is 4. The first-order chi connectivity index (χ1) is 16.2. The molecule has 2 aliphatic rings. The first-order valence-electron chi connectivity index (χ1n) is 11.0. The third-order valence-electron chi connectivity index (χ3n) is 6.63. The fourth-order valence-corrected chi connectivity index (χ4v) is 5.38. The van der Waals surface area contributed by atoms with E-state index in [9.17, 15) is 18.0 Å². The molecule has 0 aliphatic carbocycles. The molecule has 5 rings (SSSR count). The molecule has 2 aliphatic heterocycles. The van der Waals surface area contributed by atoms with Crippen molar-refractivity contribution < 1.29 is 18.0 Å². The van der Waals surface area contributed by atoms with Crippen molar-refractivity contribution in [2.45, 2.75) is 50.9 Å². The topological polar surface area (TPSA) is 71.9 Å². The van der Waals surface area contributed by atoms with E-state index in [0.29, 0.717) is 29.2 Å². The number of fused-ring (bicyclic) bond motifs is 2. The highest BCUT2D eigenvalue weighted by molar-refractivity contribution is 6.31. The van der Waals surface area contributed by atoms with E-state index in [0.717, 1.165) is 37.1 Å². The van der Waals surface area contributed by atoms with Gasteiger partial charge in [-0.2, -0.15) is 13.2 Å². The summed E-state index contributed by atoms with van der Waals surface area (Å²) in [6.45, 7) is 1.89. The van der Waals surface area contributed by atoms with Gasteiger partial charge in [-0.05, 0) is 62.3 Å². The minimum atomic E-state index is -4.49. The average Bonchev–Trinajstić information content (AvgIpc) is 3.37. The molecule has 3 aromatic heterocycles. The van der Waals surface area contributed by atoms with Crippen molar-refractivity contribution in [3.63, 3.8) is 0 Å². The summed E-state index contributed by atoms with van der Waals surface area (Å²) >= 11 is 6.15. The molecule has 3 atom stereocenters. The second-order valence-electron chi connectivity index (χ2n) is 8.84. The van der Waals surface area contributed by atoms with Gasteiger partial charge >= 0.3 is 6.18 Å². The Balaban J connectivity index is 1.40. The lowest BCUT2D eigenvalue weighted by atomic mass is 9.86. The molecule has 2 fully saturated rings. The van der Waals surface area contributed by atoms with Gasteiger partial charge in [0.05, 0.1) is 21.8 Å². The Bertz CT molecular complexity index is 1240. The summed E-state index contributed by atoms with van der Waals surface area (Å²) in [6, 6.07) is 4.48. The van der Waals surface area contributed by atoms with E-state index in [1.807, 2.05) is 17.9 Å². The number of halogens is 4. The molecule has 6 nitrogen and oxygen atoms in total. The number of aryl methyl sites for hydroxylation is 1. The van der Waals surface area contributed by atoms with E-state index in [1.165, 1.54) is 0 Å². The molecule has 0 saturated carbocycles. The number of hydrogen-bond acceptors (Lipinski definition) is 5. The Labute approximate surface area is 199 Å². The van der Waals surface area contributed by atoms with Gasteiger partial charge in [-0.15, -0.1) is 0 Å². The Kier molecular flexibility index (Phi) is 5.75. The molecule has 2 saturated heterocycles. The lowest BCUT2D eigenvalue weighted by molar-refractivity contribution is -0.137. The number of amides is 1. The maximum atomic E-state index is 13.7. The van der Waals surface area contributed by atoms with Crippen LogP contribution in [0.4, 0.5) is 13.2 Å². The molecular weight excluding hydrogens is 467 g/mol. The molecule has 10 heteroatoms. The second-order valence-corrected chi connectivity index (χ2v) is 9.25. The summed E-state index contributed by atoms with van der Waals surface area (Å²) in [5.41, 5.74) is 1.34. The quantitative estimate of drug-likeness (QED) is 0.509. The number of nitrogens with zero attached hydrogens (tertiary/aromatic N) is 5. The molecule has 176 valence electrons. The van der Waals surface area contributed by atoms with E-state index in [2.05, 4.69) is 19.9 Å². The Hall–Kier alpha value is -3.07. The maximum absolute atomic E-state index is 13.7. The molecular formula is C24H21ClF3N5O. The zero-order chi connectivity index (χ0) is 24.0. The zero-order valence-corrected chi connectivity index (χ0v) is 19.0. The van der Waals surface area contributed by atoms with Crippen LogP contribution in [0.15, 0.2) is 43.0 Å². The molecule has 1 amide bonds. The summed E-state index contributed by atoms with van der Waals surface area (Å²) in [5, 5.41) is -0.000751. The Morgan fingerprint density at radius 1 is 1.12 bits per heavy atom. The summed E-state index contributed by atoms with van der Waals surface area (Å²) in [5.74, 6) is 0.320. The van der Waals surface area contributed by atoms with E-state index < -0.39 is 11.7 Å². The van der Waals surface area contributed by atoms with Crippen LogP contribution in [0, 0.1) is 12.8 Å². The summed E-state index contributed by atoms with van der Waals surface area (Å²) < 4.78 is 38.9. The molecule has 0 aromatic carbocycles. The van der Waals surface area contributed by atoms with Crippen molar-refractivity contribution in [1.29, 1.82) is 0 Å². The van der Waals surface area contributed by atoms with Crippen LogP contribution in [0.1, 0.15) is 46.6 Å². The Morgan fingerprint density at radius 3 is 2.59 bits per heavy atom. The fourth-order valence-electron chi connectivity index (χ4n) is 5.14. The minimum absolute atomic E-state index is 0.000751. The number of pyridine rings is 2. The smallest absolute Gasteiger partial charge is 0.331 e. The van der Waals surface area contributed by atoms with Crippen molar-refractivity contribution >= 4 is 17.5 Å². The summed E-state index contributed by atoms with van der Waals surface area (Å²) in [7, 11) is 0. The third-order valence-corrected chi connectivity index (χ3v) is 6.96. The summed E-state index contributed by atoms with van der Waals surface area (Å²) in [6.07, 6.45) is 4.08. The standard InChI is InChI=1S/C24H21ClF3N5O/c1-13-7-17(22-29-5-2-6-30-22)21(32-11-13)23(34)33-16-3-4-20(33)14(8-16)9-19-18(25)10-15(12-31-19)24(26,27)28/h2,5-7,10-12,14,16,20H,3-4,8-9H2,1H3. The van der Waals surface area contributed by atoms with Gasteiger partial charge in [-0.25, -0.2) is 9.97 Å². The molecule has 3 aromatic rings. The maximum Gasteiger partial charge on any atom is 0.417 e. The van der Waals surface area contributed by atoms with E-state index in [1.54, 1.807) is 24.7 Å². The van der Waals surface area contributed by atoms with Crippen molar-refractivity contribution in [3.8, 4) is 11.4 Å². The molecule has 0 N–H and O–H groups in total. The fraction of sp³-hybridized carbons (Fsp3) is 0.375. The monoisotopic (exact) mass is 487 g/mol. The van der Waals surface area contributed by atoms with Crippen LogP contribution in [0.5, 0.6) is 0 Å². The SMILES string of the molecule is Cc1cnc(C(=O)N2C3CCC2C(Cc2ncc(C(F)(F)F)cc2Cl)C3)c(-c2ncccn2)c1. The highest BCUT2D eigenvalue weighted by Gasteiger charge is 2.49. The third kappa shape index (κ3) is 4.13. The number of carbonyl (C=O) groups is 1. The van der Waals surface area contributed by atoms with Crippen LogP contribution in [0.25, 0.3) is 11.4 Å². The van der Waals surface area contributed by atoms with Gasteiger partial charge in [0.2, 0.25) is 0 Å². The minimum Gasteiger partial charge on any atom is -0.331 e. The largest absolute Gasteiger partial charge is 0.417 e. The average molecular weight is 488 g/mol. The van der Waals surface area contributed by atoms with Crippen molar-refractivity contribution in [3.05, 3.63) is 70.5 Å². The first kappa shape index (κ1) is 22.7. The number of alkyl halides is 3. The van der Waals surface area contributed by atoms with Crippen LogP contribution in [-0.4, -0.2) is 42.8 Å². The first-order valence-corrected chi connectivity index (χ1v) is 11.4.